The topological polar surface area (TPSA) is 30.7 Å². The van der Waals surface area contributed by atoms with E-state index in [1.807, 2.05) is 0 Å². The molecule has 264 valence electrons. The van der Waals surface area contributed by atoms with Gasteiger partial charge in [-0.2, -0.15) is 0 Å². The molecule has 56 heavy (non-hydrogen) atoms. The van der Waals surface area contributed by atoms with E-state index in [2.05, 4.69) is 194 Å². The molecule has 8 aromatic carbocycles. The van der Waals surface area contributed by atoms with E-state index >= 15 is 0 Å². The molecule has 2 heterocycles. The first-order valence-electron chi connectivity index (χ1n) is 19.4. The first-order chi connectivity index (χ1) is 27.6. The van der Waals surface area contributed by atoms with Gasteiger partial charge in [-0.15, -0.1) is 0 Å². The quantitative estimate of drug-likeness (QED) is 0.178. The molecule has 0 bridgehead atoms. The molecular formula is C53H37N3. The van der Waals surface area contributed by atoms with E-state index in [9.17, 15) is 0 Å². The number of rotatable bonds is 5. The first kappa shape index (κ1) is 32.3. The van der Waals surface area contributed by atoms with Gasteiger partial charge in [0.2, 0.25) is 0 Å². The zero-order chi connectivity index (χ0) is 37.3. The Balaban J connectivity index is 1.08. The Bertz CT molecular complexity index is 3170. The molecule has 0 radical (unpaired) electrons. The summed E-state index contributed by atoms with van der Waals surface area (Å²) in [5.74, 6) is 0.758. The Hall–Kier alpha value is -7.10. The highest BCUT2D eigenvalue weighted by Crippen LogP contribution is 2.45. The molecule has 2 aromatic heterocycles. The van der Waals surface area contributed by atoms with Crippen LogP contribution in [0.1, 0.15) is 22.3 Å². The van der Waals surface area contributed by atoms with Gasteiger partial charge in [-0.25, -0.2) is 9.97 Å². The average Bonchev–Trinajstić information content (AvgIpc) is 3.78. The number of para-hydroxylation sites is 2. The molecule has 0 amide bonds. The van der Waals surface area contributed by atoms with Crippen molar-refractivity contribution >= 4 is 32.7 Å². The van der Waals surface area contributed by atoms with E-state index in [1.54, 1.807) is 0 Å². The predicted molar refractivity (Wildman–Crippen MR) is 233 cm³/mol. The number of hydrogen-bond acceptors (Lipinski definition) is 2. The highest BCUT2D eigenvalue weighted by atomic mass is 15.0. The largest absolute Gasteiger partial charge is 0.309 e. The summed E-state index contributed by atoms with van der Waals surface area (Å²) >= 11 is 0. The third kappa shape index (κ3) is 5.12. The highest BCUT2D eigenvalue weighted by molar-refractivity contribution is 6.12. The Labute approximate surface area is 326 Å². The summed E-state index contributed by atoms with van der Waals surface area (Å²) in [5, 5.41) is 3.57. The van der Waals surface area contributed by atoms with Crippen molar-refractivity contribution in [2.24, 2.45) is 0 Å². The van der Waals surface area contributed by atoms with Crippen molar-refractivity contribution in [3.8, 4) is 61.7 Å². The van der Waals surface area contributed by atoms with Gasteiger partial charge in [-0.1, -0.05) is 127 Å². The molecule has 1 aliphatic rings. The van der Waals surface area contributed by atoms with Crippen LogP contribution >= 0.6 is 0 Å². The first-order valence-corrected chi connectivity index (χ1v) is 19.4. The fourth-order valence-corrected chi connectivity index (χ4v) is 8.99. The lowest BCUT2D eigenvalue weighted by atomic mass is 9.93. The third-order valence-corrected chi connectivity index (χ3v) is 11.7. The van der Waals surface area contributed by atoms with E-state index in [1.165, 1.54) is 77.4 Å². The van der Waals surface area contributed by atoms with Gasteiger partial charge in [0, 0.05) is 33.0 Å². The summed E-state index contributed by atoms with van der Waals surface area (Å²) in [5.41, 5.74) is 20.3. The Morgan fingerprint density at radius 1 is 0.429 bits per heavy atom. The van der Waals surface area contributed by atoms with Crippen LogP contribution in [0.25, 0.3) is 94.4 Å². The molecule has 3 heteroatoms. The third-order valence-electron chi connectivity index (χ3n) is 11.7. The van der Waals surface area contributed by atoms with Crippen LogP contribution in [0.2, 0.25) is 0 Å². The minimum atomic E-state index is 0.758. The standard InChI is InChI=1S/C53H37N3/c1-33-14-9-10-20-41(33)44-32-50-46(28-34(44)2)47-31-37(26-27-49(47)56(50)40-18-7-4-8-19-40)36-24-25-38-29-39-17-13-22-43(51(39)45(38)30-36)53-54-48-23-12-11-21-42(48)52(55-53)35-15-5-3-6-16-35/h3-28,30-32H,29H2,1-2H3. The number of fused-ring (bicyclic) bond motifs is 7. The van der Waals surface area contributed by atoms with Gasteiger partial charge in [0.1, 0.15) is 0 Å². The molecule has 3 nitrogen and oxygen atoms in total. The molecule has 0 unspecified atom stereocenters. The lowest BCUT2D eigenvalue weighted by Gasteiger charge is -2.13. The van der Waals surface area contributed by atoms with Gasteiger partial charge in [-0.05, 0) is 124 Å². The van der Waals surface area contributed by atoms with Crippen LogP contribution < -0.4 is 0 Å². The number of aryl methyl sites for hydroxylation is 2. The second-order valence-corrected chi connectivity index (χ2v) is 15.1. The van der Waals surface area contributed by atoms with Crippen molar-refractivity contribution in [2.75, 3.05) is 0 Å². The van der Waals surface area contributed by atoms with Crippen molar-refractivity contribution in [1.82, 2.24) is 14.5 Å². The van der Waals surface area contributed by atoms with Crippen LogP contribution in [0.15, 0.2) is 176 Å². The van der Waals surface area contributed by atoms with Crippen LogP contribution in [-0.2, 0) is 6.42 Å². The molecule has 11 rings (SSSR count). The van der Waals surface area contributed by atoms with Crippen LogP contribution in [0.3, 0.4) is 0 Å². The molecule has 0 saturated heterocycles. The second-order valence-electron chi connectivity index (χ2n) is 15.1. The van der Waals surface area contributed by atoms with Crippen molar-refractivity contribution < 1.29 is 0 Å². The zero-order valence-electron chi connectivity index (χ0n) is 31.3. The van der Waals surface area contributed by atoms with E-state index < -0.39 is 0 Å². The van der Waals surface area contributed by atoms with Crippen LogP contribution in [-0.4, -0.2) is 14.5 Å². The van der Waals surface area contributed by atoms with Gasteiger partial charge in [0.05, 0.1) is 22.2 Å². The maximum absolute atomic E-state index is 5.29. The Kier molecular flexibility index (Phi) is 7.36. The molecule has 0 saturated carbocycles. The number of hydrogen-bond donors (Lipinski definition) is 0. The maximum atomic E-state index is 5.29. The van der Waals surface area contributed by atoms with Gasteiger partial charge < -0.3 is 4.57 Å². The summed E-state index contributed by atoms with van der Waals surface area (Å²) in [6.07, 6.45) is 0.893. The molecular weight excluding hydrogens is 679 g/mol. The fourth-order valence-electron chi connectivity index (χ4n) is 8.99. The van der Waals surface area contributed by atoms with Gasteiger partial charge in [-0.3, -0.25) is 0 Å². The van der Waals surface area contributed by atoms with Gasteiger partial charge >= 0.3 is 0 Å². The van der Waals surface area contributed by atoms with Crippen LogP contribution in [0.5, 0.6) is 0 Å². The van der Waals surface area contributed by atoms with Crippen molar-refractivity contribution in [1.29, 1.82) is 0 Å². The lowest BCUT2D eigenvalue weighted by molar-refractivity contribution is 1.18. The SMILES string of the molecule is Cc1ccccc1-c1cc2c(cc1C)c1cc(-c3ccc4c(c3)-c3c(cccc3-c3nc(-c5ccccc5)c5ccccc5n3)C4)ccc1n2-c1ccccc1. The maximum Gasteiger partial charge on any atom is 0.161 e. The van der Waals surface area contributed by atoms with E-state index in [0.29, 0.717) is 0 Å². The van der Waals surface area contributed by atoms with Gasteiger partial charge in [0.15, 0.2) is 5.82 Å². The number of aromatic nitrogens is 3. The van der Waals surface area contributed by atoms with Crippen molar-refractivity contribution in [2.45, 2.75) is 20.3 Å². The summed E-state index contributed by atoms with van der Waals surface area (Å²) in [6.45, 7) is 4.45. The summed E-state index contributed by atoms with van der Waals surface area (Å²) in [4.78, 5) is 10.5. The molecule has 0 fully saturated rings. The van der Waals surface area contributed by atoms with E-state index in [4.69, 9.17) is 9.97 Å². The van der Waals surface area contributed by atoms with E-state index in [-0.39, 0.29) is 0 Å². The monoisotopic (exact) mass is 715 g/mol. The second kappa shape index (κ2) is 12.8. The molecule has 0 aliphatic heterocycles. The van der Waals surface area contributed by atoms with E-state index in [0.717, 1.165) is 45.7 Å². The minimum absolute atomic E-state index is 0.758. The van der Waals surface area contributed by atoms with Crippen LogP contribution in [0.4, 0.5) is 0 Å². The summed E-state index contributed by atoms with van der Waals surface area (Å²) in [6, 6.07) is 63.6. The van der Waals surface area contributed by atoms with Crippen molar-refractivity contribution in [3.05, 3.63) is 198 Å². The molecule has 10 aromatic rings. The highest BCUT2D eigenvalue weighted by Gasteiger charge is 2.25. The smallest absolute Gasteiger partial charge is 0.161 e. The zero-order valence-corrected chi connectivity index (χ0v) is 31.3. The normalized spacial score (nSPS) is 12.0. The fraction of sp³-hybridized carbons (Fsp3) is 0.0566. The summed E-state index contributed by atoms with van der Waals surface area (Å²) in [7, 11) is 0. The predicted octanol–water partition coefficient (Wildman–Crippen LogP) is 13.6. The van der Waals surface area contributed by atoms with Gasteiger partial charge in [0.25, 0.3) is 0 Å². The number of nitrogens with zero attached hydrogens (tertiary/aromatic N) is 3. The van der Waals surface area contributed by atoms with Crippen LogP contribution in [0, 0.1) is 13.8 Å². The average molecular weight is 716 g/mol. The molecule has 0 N–H and O–H groups in total. The van der Waals surface area contributed by atoms with Crippen molar-refractivity contribution in [3.63, 3.8) is 0 Å². The lowest BCUT2D eigenvalue weighted by Crippen LogP contribution is -1.97. The Morgan fingerprint density at radius 3 is 2.00 bits per heavy atom. The molecule has 0 spiro atoms. The number of benzene rings is 8. The molecule has 1 aliphatic carbocycles. The Morgan fingerprint density at radius 2 is 1.14 bits per heavy atom. The summed E-state index contributed by atoms with van der Waals surface area (Å²) < 4.78 is 2.42. The molecule has 0 atom stereocenters. The minimum Gasteiger partial charge on any atom is -0.309 e.